The zero-order valence-corrected chi connectivity index (χ0v) is 33.6. The molecule has 0 aromatic heterocycles. The smallest absolute Gasteiger partial charge is 0.303 e. The van der Waals surface area contributed by atoms with Crippen molar-refractivity contribution in [1.82, 2.24) is 31.9 Å². The van der Waals surface area contributed by atoms with Crippen molar-refractivity contribution in [2.45, 2.75) is 58.3 Å². The van der Waals surface area contributed by atoms with E-state index in [1.807, 2.05) is 6.92 Å². The van der Waals surface area contributed by atoms with Crippen LogP contribution in [-0.4, -0.2) is 207 Å². The number of aliphatic carboxylic acids is 5. The van der Waals surface area contributed by atoms with Crippen molar-refractivity contribution in [3.05, 3.63) is 0 Å². The van der Waals surface area contributed by atoms with Gasteiger partial charge in [-0.15, -0.1) is 0 Å². The molecular formula is C32H78N6O16. The van der Waals surface area contributed by atoms with E-state index in [0.29, 0.717) is 45.7 Å². The molecule has 0 aromatic carbocycles. The Bertz CT molecular complexity index is 615. The van der Waals surface area contributed by atoms with Crippen LogP contribution in [0.15, 0.2) is 0 Å². The summed E-state index contributed by atoms with van der Waals surface area (Å²) in [4.78, 5) is 48.6. The van der Waals surface area contributed by atoms with Gasteiger partial charge in [-0.05, 0) is 55.1 Å². The van der Waals surface area contributed by atoms with Crippen LogP contribution in [0.2, 0.25) is 0 Å². The normalized spacial score (nSPS) is 8.54. The largest absolute Gasteiger partial charge is 0.481 e. The molecule has 0 radical (unpaired) electrons. The Balaban J connectivity index is -0.0000000609. The first-order chi connectivity index (χ1) is 25.5. The van der Waals surface area contributed by atoms with Gasteiger partial charge in [0.05, 0.1) is 52.5 Å². The first-order valence-corrected chi connectivity index (χ1v) is 17.1. The zero-order chi connectivity index (χ0) is 44.3. The van der Waals surface area contributed by atoms with E-state index in [-0.39, 0.29) is 71.7 Å². The van der Waals surface area contributed by atoms with Crippen LogP contribution >= 0.6 is 0 Å². The summed E-state index contributed by atoms with van der Waals surface area (Å²) in [5.41, 5.74) is 0. The molecule has 0 aliphatic heterocycles. The molecule has 0 saturated carbocycles. The summed E-state index contributed by atoms with van der Waals surface area (Å²) in [5, 5.41) is 105. The Kier molecular flexibility index (Phi) is 111. The van der Waals surface area contributed by atoms with Gasteiger partial charge in [0, 0.05) is 58.5 Å². The van der Waals surface area contributed by atoms with E-state index in [0.717, 1.165) is 12.8 Å². The fraction of sp³-hybridized carbons (Fsp3) is 0.844. The predicted molar refractivity (Wildman–Crippen MR) is 207 cm³/mol. The molecule has 22 heteroatoms. The highest BCUT2D eigenvalue weighted by molar-refractivity contribution is 5.75. The number of hydrogen-bond acceptors (Lipinski definition) is 17. The fourth-order valence-electron chi connectivity index (χ4n) is 1.60. The number of unbranched alkanes of at least 4 members (excludes halogenated alkanes) is 1. The van der Waals surface area contributed by atoms with Crippen LogP contribution < -0.4 is 31.9 Å². The Morgan fingerprint density at radius 1 is 0.333 bits per heavy atom. The molecule has 22 nitrogen and oxygen atoms in total. The van der Waals surface area contributed by atoms with Crippen LogP contribution in [0.5, 0.6) is 0 Å². The molecule has 0 aliphatic carbocycles. The Labute approximate surface area is 321 Å². The van der Waals surface area contributed by atoms with Crippen LogP contribution in [0, 0.1) is 0 Å². The molecule has 0 aliphatic rings. The SMILES string of the molecule is CCCCC(=O)O.CNCCO.CNCCO.CNCCO.CNCCO.CNCCO.CNCCO.O=C(O)CCC(=O)O.O=C(O)CCCC(=O)O. The van der Waals surface area contributed by atoms with Crippen LogP contribution in [0.1, 0.15) is 58.3 Å². The van der Waals surface area contributed by atoms with Gasteiger partial charge in [-0.2, -0.15) is 0 Å². The van der Waals surface area contributed by atoms with Crippen LogP contribution in [0.3, 0.4) is 0 Å². The first kappa shape index (κ1) is 72.2. The van der Waals surface area contributed by atoms with Crippen molar-refractivity contribution in [3.63, 3.8) is 0 Å². The van der Waals surface area contributed by atoms with Crippen molar-refractivity contribution in [1.29, 1.82) is 0 Å². The van der Waals surface area contributed by atoms with Gasteiger partial charge in [0.1, 0.15) is 0 Å². The highest BCUT2D eigenvalue weighted by Crippen LogP contribution is 1.93. The third kappa shape index (κ3) is 197. The Morgan fingerprint density at radius 3 is 0.574 bits per heavy atom. The maximum atomic E-state index is 9.79. The number of hydrogen-bond donors (Lipinski definition) is 17. The molecule has 17 N–H and O–H groups in total. The Morgan fingerprint density at radius 2 is 0.500 bits per heavy atom. The van der Waals surface area contributed by atoms with Crippen LogP contribution in [0.25, 0.3) is 0 Å². The van der Waals surface area contributed by atoms with Gasteiger partial charge in [-0.25, -0.2) is 0 Å². The molecule has 0 fully saturated rings. The molecule has 0 rings (SSSR count). The van der Waals surface area contributed by atoms with E-state index in [9.17, 15) is 24.0 Å². The van der Waals surface area contributed by atoms with Crippen molar-refractivity contribution < 1.29 is 80.1 Å². The van der Waals surface area contributed by atoms with E-state index in [4.69, 9.17) is 56.2 Å². The number of aliphatic hydroxyl groups is 6. The van der Waals surface area contributed by atoms with Gasteiger partial charge in [0.15, 0.2) is 0 Å². The van der Waals surface area contributed by atoms with Gasteiger partial charge in [-0.3, -0.25) is 24.0 Å². The summed E-state index contributed by atoms with van der Waals surface area (Å²) in [6.45, 7) is 7.54. The lowest BCUT2D eigenvalue weighted by Crippen LogP contribution is -2.10. The molecule has 0 amide bonds. The van der Waals surface area contributed by atoms with Gasteiger partial charge >= 0.3 is 29.8 Å². The molecule has 0 atom stereocenters. The molecule has 0 saturated heterocycles. The number of carbonyl (C=O) groups is 5. The van der Waals surface area contributed by atoms with Crippen LogP contribution in [0.4, 0.5) is 0 Å². The molecule has 0 heterocycles. The topological polar surface area (TPSA) is 380 Å². The maximum absolute atomic E-state index is 9.79. The molecule has 332 valence electrons. The van der Waals surface area contributed by atoms with E-state index >= 15 is 0 Å². The molecule has 54 heavy (non-hydrogen) atoms. The minimum Gasteiger partial charge on any atom is -0.481 e. The second-order valence-electron chi connectivity index (χ2n) is 9.39. The van der Waals surface area contributed by atoms with Gasteiger partial charge in [0.25, 0.3) is 0 Å². The lowest BCUT2D eigenvalue weighted by atomic mass is 10.2. The second kappa shape index (κ2) is 83.0. The zero-order valence-electron chi connectivity index (χ0n) is 33.6. The summed E-state index contributed by atoms with van der Waals surface area (Å²) >= 11 is 0. The highest BCUT2D eigenvalue weighted by atomic mass is 16.4. The molecule has 0 spiro atoms. The van der Waals surface area contributed by atoms with Gasteiger partial charge in [0.2, 0.25) is 0 Å². The number of aliphatic hydroxyl groups excluding tert-OH is 6. The summed E-state index contributed by atoms with van der Waals surface area (Å²) in [5.74, 6) is -4.74. The quantitative estimate of drug-likeness (QED) is 0.0510. The Hall–Kier alpha value is -3.13. The van der Waals surface area contributed by atoms with Crippen molar-refractivity contribution in [2.24, 2.45) is 0 Å². The standard InChI is InChI=1S/C5H8O4.C5H10O2.C4H6O4.6C3H9NO/c6-4(7)2-1-3-5(8)9;1-2-3-4-5(6)7;5-3(6)1-2-4(7)8;6*1-4-2-3-5/h1-3H2,(H,6,7)(H,8,9);2-4H2,1H3,(H,6,7);1-2H2,(H,5,6)(H,7,8);6*4-5H,2-3H2,1H3. The van der Waals surface area contributed by atoms with Crippen molar-refractivity contribution >= 4 is 29.8 Å². The lowest BCUT2D eigenvalue weighted by molar-refractivity contribution is -0.143. The third-order valence-electron chi connectivity index (χ3n) is 4.25. The molecular weight excluding hydrogens is 724 g/mol. The summed E-state index contributed by atoms with van der Waals surface area (Å²) in [7, 11) is 10.8. The average Bonchev–Trinajstić information content (AvgIpc) is 3.10. The van der Waals surface area contributed by atoms with E-state index < -0.39 is 29.8 Å². The third-order valence-corrected chi connectivity index (χ3v) is 4.25. The molecule has 0 aromatic rings. The van der Waals surface area contributed by atoms with Crippen LogP contribution in [-0.2, 0) is 24.0 Å². The summed E-state index contributed by atoms with van der Waals surface area (Å²) < 4.78 is 0. The number of rotatable bonds is 22. The van der Waals surface area contributed by atoms with Crippen molar-refractivity contribution in [2.75, 3.05) is 121 Å². The van der Waals surface area contributed by atoms with Crippen molar-refractivity contribution in [3.8, 4) is 0 Å². The number of nitrogens with one attached hydrogen (secondary N) is 6. The summed E-state index contributed by atoms with van der Waals surface area (Å²) in [6, 6.07) is 0. The summed E-state index contributed by atoms with van der Waals surface area (Å²) in [6.07, 6.45) is 1.58. The average molecular weight is 803 g/mol. The molecule has 0 unspecified atom stereocenters. The lowest BCUT2D eigenvalue weighted by Gasteiger charge is -1.89. The minimum atomic E-state index is -1.08. The second-order valence-corrected chi connectivity index (χ2v) is 9.39. The van der Waals surface area contributed by atoms with E-state index in [2.05, 4.69) is 31.9 Å². The maximum Gasteiger partial charge on any atom is 0.303 e. The molecule has 0 bridgehead atoms. The predicted octanol–water partition coefficient (Wildman–Crippen LogP) is -3.29. The van der Waals surface area contributed by atoms with Gasteiger partial charge < -0.3 is 88.1 Å². The minimum absolute atomic E-state index is 0.0632. The first-order valence-electron chi connectivity index (χ1n) is 17.1. The van der Waals surface area contributed by atoms with E-state index in [1.54, 1.807) is 42.3 Å². The monoisotopic (exact) mass is 803 g/mol. The number of carboxylic acids is 5. The van der Waals surface area contributed by atoms with E-state index in [1.165, 1.54) is 0 Å². The number of likely N-dealkylation sites (N-methyl/N-ethyl adjacent to an activating group) is 6. The number of carboxylic acid groups (broad SMARTS) is 5. The fourth-order valence-corrected chi connectivity index (χ4v) is 1.60. The highest BCUT2D eigenvalue weighted by Gasteiger charge is 2.00. The van der Waals surface area contributed by atoms with Gasteiger partial charge in [-0.1, -0.05) is 13.3 Å².